The van der Waals surface area contributed by atoms with Crippen molar-refractivity contribution in [1.82, 2.24) is 9.88 Å². The van der Waals surface area contributed by atoms with Crippen LogP contribution >= 0.6 is 0 Å². The summed E-state index contributed by atoms with van der Waals surface area (Å²) in [5, 5.41) is 1.26. The van der Waals surface area contributed by atoms with Crippen molar-refractivity contribution in [3.8, 4) is 11.5 Å². The van der Waals surface area contributed by atoms with Gasteiger partial charge in [0, 0.05) is 36.5 Å². The van der Waals surface area contributed by atoms with E-state index in [1.165, 1.54) is 10.9 Å². The monoisotopic (exact) mass is 404 g/mol. The van der Waals surface area contributed by atoms with E-state index in [1.54, 1.807) is 0 Å². The lowest BCUT2D eigenvalue weighted by Gasteiger charge is -2.26. The van der Waals surface area contributed by atoms with E-state index in [0.717, 1.165) is 61.2 Å². The van der Waals surface area contributed by atoms with Crippen molar-refractivity contribution in [2.24, 2.45) is 0 Å². The van der Waals surface area contributed by atoms with Crippen molar-refractivity contribution in [2.45, 2.75) is 44.6 Å². The van der Waals surface area contributed by atoms with Crippen molar-refractivity contribution >= 4 is 16.8 Å². The number of amides is 1. The van der Waals surface area contributed by atoms with Gasteiger partial charge in [-0.2, -0.15) is 0 Å². The van der Waals surface area contributed by atoms with Crippen LogP contribution in [0.2, 0.25) is 0 Å². The Morgan fingerprint density at radius 3 is 2.87 bits per heavy atom. The molecule has 1 amide bonds. The highest BCUT2D eigenvalue weighted by atomic mass is 16.5. The molecule has 1 aromatic heterocycles. The summed E-state index contributed by atoms with van der Waals surface area (Å²) in [6, 6.07) is 14.6. The van der Waals surface area contributed by atoms with Crippen LogP contribution in [-0.2, 0) is 11.2 Å². The number of rotatable bonds is 5. The average Bonchev–Trinajstić information content (AvgIpc) is 3.35. The number of nitrogens with one attached hydrogen (secondary N) is 1. The Bertz CT molecular complexity index is 1040. The first kappa shape index (κ1) is 19.0. The standard InChI is InChI=1S/C25H28N2O3/c28-25(10-3-6-19-17-26-21-8-2-1-7-20(19)21)27-13-4-9-22(27)18-11-12-23-24(16-18)30-15-5-14-29-23/h1-2,7-8,11-12,16-17,22,26H,3-6,9-10,13-15H2/t22-/m0/s1. The molecule has 5 rings (SSSR count). The zero-order valence-electron chi connectivity index (χ0n) is 17.2. The van der Waals surface area contributed by atoms with Gasteiger partial charge in [0.1, 0.15) is 0 Å². The lowest BCUT2D eigenvalue weighted by molar-refractivity contribution is -0.132. The molecule has 1 saturated heterocycles. The fourth-order valence-corrected chi connectivity index (χ4v) is 4.71. The normalized spacial score (nSPS) is 18.5. The fraction of sp³-hybridized carbons (Fsp3) is 0.400. The van der Waals surface area contributed by atoms with E-state index >= 15 is 0 Å². The summed E-state index contributed by atoms with van der Waals surface area (Å²) < 4.78 is 11.6. The van der Waals surface area contributed by atoms with E-state index in [0.29, 0.717) is 19.6 Å². The van der Waals surface area contributed by atoms with Crippen molar-refractivity contribution < 1.29 is 14.3 Å². The number of carbonyl (C=O) groups excluding carboxylic acids is 1. The van der Waals surface area contributed by atoms with Gasteiger partial charge in [-0.3, -0.25) is 4.79 Å². The molecule has 3 heterocycles. The SMILES string of the molecule is O=C(CCCc1c[nH]c2ccccc12)N1CCC[C@H]1c1ccc2c(c1)OCCCO2. The number of aromatic amines is 1. The molecule has 30 heavy (non-hydrogen) atoms. The van der Waals surface area contributed by atoms with E-state index in [4.69, 9.17) is 9.47 Å². The lowest BCUT2D eigenvalue weighted by Crippen LogP contribution is -2.30. The summed E-state index contributed by atoms with van der Waals surface area (Å²) in [6.07, 6.45) is 7.39. The van der Waals surface area contributed by atoms with Gasteiger partial charge in [0.15, 0.2) is 11.5 Å². The molecular weight excluding hydrogens is 376 g/mol. The maximum absolute atomic E-state index is 13.0. The Hall–Kier alpha value is -2.95. The van der Waals surface area contributed by atoms with E-state index < -0.39 is 0 Å². The molecule has 0 unspecified atom stereocenters. The van der Waals surface area contributed by atoms with Crippen LogP contribution in [0.5, 0.6) is 11.5 Å². The topological polar surface area (TPSA) is 54.6 Å². The molecule has 0 aliphatic carbocycles. The number of H-pyrrole nitrogens is 1. The second kappa shape index (κ2) is 8.42. The Balaban J connectivity index is 1.23. The first-order valence-electron chi connectivity index (χ1n) is 11.0. The van der Waals surface area contributed by atoms with Crippen LogP contribution in [-0.4, -0.2) is 35.5 Å². The summed E-state index contributed by atoms with van der Waals surface area (Å²) in [7, 11) is 0. The largest absolute Gasteiger partial charge is 0.490 e. The molecule has 2 aliphatic heterocycles. The van der Waals surface area contributed by atoms with Gasteiger partial charge < -0.3 is 19.4 Å². The van der Waals surface area contributed by atoms with Crippen molar-refractivity contribution in [1.29, 1.82) is 0 Å². The first-order valence-corrected chi connectivity index (χ1v) is 11.0. The zero-order valence-corrected chi connectivity index (χ0v) is 17.2. The van der Waals surface area contributed by atoms with Crippen LogP contribution in [0, 0.1) is 0 Å². The molecule has 0 saturated carbocycles. The van der Waals surface area contributed by atoms with Crippen LogP contribution < -0.4 is 9.47 Å². The van der Waals surface area contributed by atoms with E-state index in [2.05, 4.69) is 46.4 Å². The summed E-state index contributed by atoms with van der Waals surface area (Å²) in [4.78, 5) is 18.4. The van der Waals surface area contributed by atoms with Gasteiger partial charge in [0.25, 0.3) is 0 Å². The number of aromatic nitrogens is 1. The molecule has 0 spiro atoms. The van der Waals surface area contributed by atoms with Gasteiger partial charge in [-0.05, 0) is 55.0 Å². The number of nitrogens with zero attached hydrogens (tertiary/aromatic N) is 1. The summed E-state index contributed by atoms with van der Waals surface area (Å²) >= 11 is 0. The molecule has 1 fully saturated rings. The maximum Gasteiger partial charge on any atom is 0.223 e. The molecule has 2 aliphatic rings. The summed E-state index contributed by atoms with van der Waals surface area (Å²) in [5.41, 5.74) is 3.61. The molecule has 1 atom stereocenters. The highest BCUT2D eigenvalue weighted by Gasteiger charge is 2.30. The second-order valence-corrected chi connectivity index (χ2v) is 8.21. The van der Waals surface area contributed by atoms with E-state index in [9.17, 15) is 4.79 Å². The van der Waals surface area contributed by atoms with Crippen LogP contribution in [0.3, 0.4) is 0 Å². The van der Waals surface area contributed by atoms with Gasteiger partial charge in [-0.15, -0.1) is 0 Å². The highest BCUT2D eigenvalue weighted by molar-refractivity contribution is 5.83. The van der Waals surface area contributed by atoms with Crippen LogP contribution in [0.15, 0.2) is 48.7 Å². The van der Waals surface area contributed by atoms with Crippen LogP contribution in [0.1, 0.15) is 49.3 Å². The maximum atomic E-state index is 13.0. The Labute approximate surface area is 177 Å². The van der Waals surface area contributed by atoms with Gasteiger partial charge in [0.05, 0.1) is 19.3 Å². The summed E-state index contributed by atoms with van der Waals surface area (Å²) in [6.45, 7) is 2.21. The van der Waals surface area contributed by atoms with Gasteiger partial charge in [0.2, 0.25) is 5.91 Å². The predicted molar refractivity (Wildman–Crippen MR) is 117 cm³/mol. The van der Waals surface area contributed by atoms with Gasteiger partial charge in [-0.1, -0.05) is 24.3 Å². The second-order valence-electron chi connectivity index (χ2n) is 8.21. The number of likely N-dealkylation sites (tertiary alicyclic amines) is 1. The van der Waals surface area contributed by atoms with Crippen molar-refractivity contribution in [3.63, 3.8) is 0 Å². The quantitative estimate of drug-likeness (QED) is 0.650. The van der Waals surface area contributed by atoms with Crippen LogP contribution in [0.4, 0.5) is 0 Å². The van der Waals surface area contributed by atoms with Crippen molar-refractivity contribution in [3.05, 3.63) is 59.8 Å². The third-order valence-corrected chi connectivity index (χ3v) is 6.24. The zero-order chi connectivity index (χ0) is 20.3. The molecular formula is C25H28N2O3. The smallest absolute Gasteiger partial charge is 0.223 e. The number of hydrogen-bond acceptors (Lipinski definition) is 3. The molecule has 3 aromatic rings. The third-order valence-electron chi connectivity index (χ3n) is 6.24. The van der Waals surface area contributed by atoms with Gasteiger partial charge >= 0.3 is 0 Å². The minimum absolute atomic E-state index is 0.141. The molecule has 0 radical (unpaired) electrons. The number of carbonyl (C=O) groups is 1. The number of benzene rings is 2. The number of ether oxygens (including phenoxy) is 2. The summed E-state index contributed by atoms with van der Waals surface area (Å²) in [5.74, 6) is 1.87. The average molecular weight is 405 g/mol. The van der Waals surface area contributed by atoms with Crippen molar-refractivity contribution in [2.75, 3.05) is 19.8 Å². The highest BCUT2D eigenvalue weighted by Crippen LogP contribution is 2.38. The minimum atomic E-state index is 0.141. The lowest BCUT2D eigenvalue weighted by atomic mass is 10.0. The van der Waals surface area contributed by atoms with Gasteiger partial charge in [-0.25, -0.2) is 0 Å². The first-order chi connectivity index (χ1) is 14.8. The van der Waals surface area contributed by atoms with Crippen LogP contribution in [0.25, 0.3) is 10.9 Å². The number of aryl methyl sites for hydroxylation is 1. The van der Waals surface area contributed by atoms with E-state index in [1.807, 2.05) is 12.1 Å². The third kappa shape index (κ3) is 3.76. The number of fused-ring (bicyclic) bond motifs is 2. The Morgan fingerprint density at radius 1 is 1.07 bits per heavy atom. The number of hydrogen-bond donors (Lipinski definition) is 1. The Kier molecular flexibility index (Phi) is 5.35. The fourth-order valence-electron chi connectivity index (χ4n) is 4.71. The molecule has 156 valence electrons. The molecule has 2 aromatic carbocycles. The molecule has 5 nitrogen and oxygen atoms in total. The van der Waals surface area contributed by atoms with E-state index in [-0.39, 0.29) is 11.9 Å². The minimum Gasteiger partial charge on any atom is -0.490 e. The molecule has 0 bridgehead atoms. The number of para-hydroxylation sites is 1. The Morgan fingerprint density at radius 2 is 1.93 bits per heavy atom. The molecule has 1 N–H and O–H groups in total. The predicted octanol–water partition coefficient (Wildman–Crippen LogP) is 5.02. The molecule has 5 heteroatoms.